The van der Waals surface area contributed by atoms with Crippen LogP contribution in [-0.2, 0) is 11.2 Å². The Kier molecular flexibility index (Phi) is 4.48. The van der Waals surface area contributed by atoms with Gasteiger partial charge in [-0.15, -0.1) is 0 Å². The second-order valence-corrected chi connectivity index (χ2v) is 6.93. The van der Waals surface area contributed by atoms with Gasteiger partial charge in [0.2, 0.25) is 5.91 Å². The van der Waals surface area contributed by atoms with E-state index < -0.39 is 5.97 Å². The molecular weight excluding hydrogens is 346 g/mol. The number of carbonyl (C=O) groups is 2. The van der Waals surface area contributed by atoms with Crippen molar-refractivity contribution in [1.82, 2.24) is 5.32 Å². The summed E-state index contributed by atoms with van der Waals surface area (Å²) in [7, 11) is 1.46. The number of carboxylic acid groups (broad SMARTS) is 1. The lowest BCUT2D eigenvalue weighted by atomic mass is 10.0. The van der Waals surface area contributed by atoms with Gasteiger partial charge in [0.05, 0.1) is 19.2 Å². The molecule has 2 aromatic carbocycles. The third-order valence-corrected chi connectivity index (χ3v) is 5.41. The molecular formula is C21H21NO5. The normalized spacial score (nSPS) is 21.7. The molecule has 0 saturated heterocycles. The monoisotopic (exact) mass is 367 g/mol. The largest absolute Gasteiger partial charge is 0.493 e. The zero-order valence-electron chi connectivity index (χ0n) is 15.0. The van der Waals surface area contributed by atoms with Gasteiger partial charge in [-0.3, -0.25) is 4.79 Å². The highest BCUT2D eigenvalue weighted by Gasteiger charge is 2.58. The lowest BCUT2D eigenvalue weighted by Crippen LogP contribution is -2.30. The molecule has 0 radical (unpaired) electrons. The number of hydrogen-bond acceptors (Lipinski definition) is 4. The lowest BCUT2D eigenvalue weighted by molar-refractivity contribution is -0.122. The maximum Gasteiger partial charge on any atom is 0.335 e. The molecule has 1 saturated carbocycles. The number of carboxylic acids is 1. The zero-order valence-corrected chi connectivity index (χ0v) is 15.0. The van der Waals surface area contributed by atoms with Crippen molar-refractivity contribution in [2.75, 3.05) is 20.3 Å². The summed E-state index contributed by atoms with van der Waals surface area (Å²) in [6, 6.07) is 12.8. The Morgan fingerprint density at radius 2 is 2.00 bits per heavy atom. The second kappa shape index (κ2) is 6.95. The standard InChI is InChI=1S/C21H21NO5/c1-26-17-11-13(21(24)25)6-7-16(17)27-9-8-22-20(23)19-15-10-12-4-2-3-5-14(12)18(15)19/h2-7,11,15,18-19H,8-10H2,1H3,(H,22,23)(H,24,25). The third kappa shape index (κ3) is 3.23. The van der Waals surface area contributed by atoms with Crippen LogP contribution in [0.3, 0.4) is 0 Å². The highest BCUT2D eigenvalue weighted by atomic mass is 16.5. The number of hydrogen-bond donors (Lipinski definition) is 2. The van der Waals surface area contributed by atoms with Gasteiger partial charge in [-0.2, -0.15) is 0 Å². The molecule has 2 aliphatic carbocycles. The highest BCUT2D eigenvalue weighted by molar-refractivity contribution is 5.88. The lowest BCUT2D eigenvalue weighted by Gasteiger charge is -2.12. The van der Waals surface area contributed by atoms with E-state index in [1.54, 1.807) is 6.07 Å². The van der Waals surface area contributed by atoms with Crippen LogP contribution in [0.25, 0.3) is 0 Å². The van der Waals surface area contributed by atoms with Gasteiger partial charge in [0.15, 0.2) is 11.5 Å². The first kappa shape index (κ1) is 17.4. The van der Waals surface area contributed by atoms with Crippen molar-refractivity contribution in [3.8, 4) is 11.5 Å². The quantitative estimate of drug-likeness (QED) is 0.735. The highest BCUT2D eigenvalue weighted by Crippen LogP contribution is 2.61. The van der Waals surface area contributed by atoms with Crippen molar-refractivity contribution >= 4 is 11.9 Å². The summed E-state index contributed by atoms with van der Waals surface area (Å²) in [5.74, 6) is 0.741. The summed E-state index contributed by atoms with van der Waals surface area (Å²) in [4.78, 5) is 23.4. The number of methoxy groups -OCH3 is 1. The van der Waals surface area contributed by atoms with Crippen molar-refractivity contribution in [1.29, 1.82) is 0 Å². The summed E-state index contributed by atoms with van der Waals surface area (Å²) >= 11 is 0. The molecule has 6 nitrogen and oxygen atoms in total. The van der Waals surface area contributed by atoms with E-state index in [9.17, 15) is 9.59 Å². The van der Waals surface area contributed by atoms with E-state index in [1.165, 1.54) is 30.4 Å². The fraction of sp³-hybridized carbons (Fsp3) is 0.333. The summed E-state index contributed by atoms with van der Waals surface area (Å²) < 4.78 is 10.8. The van der Waals surface area contributed by atoms with Crippen molar-refractivity contribution < 1.29 is 24.2 Å². The molecule has 3 unspecified atom stereocenters. The minimum Gasteiger partial charge on any atom is -0.493 e. The van der Waals surface area contributed by atoms with Gasteiger partial charge in [-0.25, -0.2) is 4.79 Å². The Bertz CT molecular complexity index is 894. The van der Waals surface area contributed by atoms with Crippen LogP contribution in [0.1, 0.15) is 27.4 Å². The predicted octanol–water partition coefficient (Wildman–Crippen LogP) is 2.47. The predicted molar refractivity (Wildman–Crippen MR) is 98.3 cm³/mol. The number of amides is 1. The number of nitrogens with one attached hydrogen (secondary N) is 1. The van der Waals surface area contributed by atoms with Gasteiger partial charge in [-0.1, -0.05) is 24.3 Å². The first-order valence-electron chi connectivity index (χ1n) is 9.00. The Labute approximate surface area is 157 Å². The molecule has 2 aliphatic rings. The molecule has 4 rings (SSSR count). The molecule has 6 heteroatoms. The summed E-state index contributed by atoms with van der Waals surface area (Å²) in [5.41, 5.74) is 2.83. The van der Waals surface area contributed by atoms with Crippen LogP contribution in [0.4, 0.5) is 0 Å². The Morgan fingerprint density at radius 1 is 1.19 bits per heavy atom. The fourth-order valence-corrected chi connectivity index (χ4v) is 4.08. The number of rotatable bonds is 7. The van der Waals surface area contributed by atoms with Crippen LogP contribution in [0.5, 0.6) is 11.5 Å². The van der Waals surface area contributed by atoms with E-state index >= 15 is 0 Å². The van der Waals surface area contributed by atoms with E-state index in [0.717, 1.165) is 6.42 Å². The van der Waals surface area contributed by atoms with Crippen LogP contribution in [-0.4, -0.2) is 37.2 Å². The van der Waals surface area contributed by atoms with Crippen molar-refractivity contribution in [2.24, 2.45) is 11.8 Å². The third-order valence-electron chi connectivity index (χ3n) is 5.41. The number of fused-ring (bicyclic) bond motifs is 3. The molecule has 27 heavy (non-hydrogen) atoms. The molecule has 0 aliphatic heterocycles. The average molecular weight is 367 g/mol. The van der Waals surface area contributed by atoms with Gasteiger partial charge in [-0.05, 0) is 47.6 Å². The Hall–Kier alpha value is -3.02. The smallest absolute Gasteiger partial charge is 0.335 e. The molecule has 140 valence electrons. The van der Waals surface area contributed by atoms with E-state index in [1.807, 2.05) is 12.1 Å². The number of carbonyl (C=O) groups excluding carboxylic acids is 1. The summed E-state index contributed by atoms with van der Waals surface area (Å²) in [6.45, 7) is 0.674. The number of benzene rings is 2. The first-order chi connectivity index (χ1) is 13.1. The maximum atomic E-state index is 12.4. The summed E-state index contributed by atoms with van der Waals surface area (Å²) in [5, 5.41) is 12.0. The molecule has 3 atom stereocenters. The Balaban J connectivity index is 1.27. The van der Waals surface area contributed by atoms with Gasteiger partial charge < -0.3 is 19.9 Å². The van der Waals surface area contributed by atoms with Gasteiger partial charge in [0.25, 0.3) is 0 Å². The Morgan fingerprint density at radius 3 is 2.78 bits per heavy atom. The van der Waals surface area contributed by atoms with Crippen LogP contribution < -0.4 is 14.8 Å². The van der Waals surface area contributed by atoms with E-state index in [2.05, 4.69) is 17.4 Å². The molecule has 1 amide bonds. The molecule has 2 aromatic rings. The maximum absolute atomic E-state index is 12.4. The van der Waals surface area contributed by atoms with Gasteiger partial charge in [0.1, 0.15) is 6.61 Å². The molecule has 0 spiro atoms. The molecule has 0 heterocycles. The first-order valence-corrected chi connectivity index (χ1v) is 9.00. The minimum absolute atomic E-state index is 0.0734. The number of aromatic carboxylic acids is 1. The topological polar surface area (TPSA) is 84.9 Å². The summed E-state index contributed by atoms with van der Waals surface area (Å²) in [6.07, 6.45) is 0.989. The molecule has 2 N–H and O–H groups in total. The van der Waals surface area contributed by atoms with Crippen LogP contribution >= 0.6 is 0 Å². The van der Waals surface area contributed by atoms with Gasteiger partial charge >= 0.3 is 5.97 Å². The molecule has 1 fully saturated rings. The SMILES string of the molecule is COc1cc(C(=O)O)ccc1OCCNC(=O)C1C2Cc3ccccc3C21. The van der Waals surface area contributed by atoms with E-state index in [-0.39, 0.29) is 24.0 Å². The van der Waals surface area contributed by atoms with Crippen LogP contribution in [0, 0.1) is 11.8 Å². The zero-order chi connectivity index (χ0) is 19.0. The van der Waals surface area contributed by atoms with E-state index in [0.29, 0.717) is 29.9 Å². The van der Waals surface area contributed by atoms with Crippen molar-refractivity contribution in [3.05, 3.63) is 59.2 Å². The van der Waals surface area contributed by atoms with Gasteiger partial charge in [0, 0.05) is 5.92 Å². The van der Waals surface area contributed by atoms with Crippen LogP contribution in [0.15, 0.2) is 42.5 Å². The van der Waals surface area contributed by atoms with Crippen molar-refractivity contribution in [3.63, 3.8) is 0 Å². The molecule has 0 aromatic heterocycles. The minimum atomic E-state index is -1.02. The van der Waals surface area contributed by atoms with E-state index in [4.69, 9.17) is 14.6 Å². The average Bonchev–Trinajstić information content (AvgIpc) is 3.26. The number of ether oxygens (including phenoxy) is 2. The second-order valence-electron chi connectivity index (χ2n) is 6.93. The van der Waals surface area contributed by atoms with Crippen LogP contribution in [0.2, 0.25) is 0 Å². The fourth-order valence-electron chi connectivity index (χ4n) is 4.08. The molecule has 0 bridgehead atoms. The van der Waals surface area contributed by atoms with Crippen molar-refractivity contribution in [2.45, 2.75) is 12.3 Å².